The van der Waals surface area contributed by atoms with E-state index >= 15 is 0 Å². The summed E-state index contributed by atoms with van der Waals surface area (Å²) in [6, 6.07) is 0. The van der Waals surface area contributed by atoms with Crippen LogP contribution in [0.2, 0.25) is 0 Å². The van der Waals surface area contributed by atoms with Gasteiger partial charge in [-0.05, 0) is 0 Å². The molecular formula is C11H18NO6+. The topological polar surface area (TPSA) is 101 Å². The summed E-state index contributed by atoms with van der Waals surface area (Å²) in [7, 11) is 5.49. The average Bonchev–Trinajstić information content (AvgIpc) is 2.10. The van der Waals surface area contributed by atoms with Gasteiger partial charge in [0, 0.05) is 12.2 Å². The fraction of sp³-hybridized carbons (Fsp3) is 0.545. The first-order valence-corrected chi connectivity index (χ1v) is 5.24. The molecule has 0 aromatic rings. The number of ether oxygens (including phenoxy) is 1. The van der Waals surface area contributed by atoms with Gasteiger partial charge in [-0.1, -0.05) is 0 Å². The van der Waals surface area contributed by atoms with E-state index in [1.807, 2.05) is 21.1 Å². The van der Waals surface area contributed by atoms with Gasteiger partial charge in [0.2, 0.25) is 0 Å². The van der Waals surface area contributed by atoms with E-state index in [0.29, 0.717) is 17.1 Å². The van der Waals surface area contributed by atoms with Gasteiger partial charge in [0.05, 0.1) is 27.6 Å². The number of rotatable bonds is 7. The molecule has 0 heterocycles. The second kappa shape index (κ2) is 6.75. The van der Waals surface area contributed by atoms with Gasteiger partial charge < -0.3 is 19.4 Å². The Morgan fingerprint density at radius 2 is 1.72 bits per heavy atom. The summed E-state index contributed by atoms with van der Waals surface area (Å²) in [5.41, 5.74) is 0. The van der Waals surface area contributed by atoms with Crippen LogP contribution in [0.5, 0.6) is 0 Å². The lowest BCUT2D eigenvalue weighted by Gasteiger charge is -2.28. The van der Waals surface area contributed by atoms with Crippen molar-refractivity contribution in [3.05, 3.63) is 12.2 Å². The van der Waals surface area contributed by atoms with Gasteiger partial charge in [-0.25, -0.2) is 9.59 Å². The highest BCUT2D eigenvalue weighted by molar-refractivity contribution is 5.90. The van der Waals surface area contributed by atoms with Gasteiger partial charge in [-0.3, -0.25) is 4.79 Å². The number of carbonyl (C=O) groups excluding carboxylic acids is 1. The Kier molecular flexibility index (Phi) is 6.04. The molecule has 102 valence electrons. The van der Waals surface area contributed by atoms with Crippen LogP contribution in [0.25, 0.3) is 0 Å². The smallest absolute Gasteiger partial charge is 0.331 e. The Balaban J connectivity index is 4.54. The molecule has 0 aromatic heterocycles. The highest BCUT2D eigenvalue weighted by Gasteiger charge is 2.24. The second-order valence-corrected chi connectivity index (χ2v) is 4.80. The number of likely N-dealkylation sites (N-methyl/N-ethyl adjacent to an activating group) is 1. The van der Waals surface area contributed by atoms with E-state index in [0.717, 1.165) is 6.08 Å². The molecule has 7 heteroatoms. The van der Waals surface area contributed by atoms with E-state index in [1.54, 1.807) is 0 Å². The van der Waals surface area contributed by atoms with Gasteiger partial charge in [0.1, 0.15) is 6.54 Å². The maximum atomic E-state index is 11.3. The van der Waals surface area contributed by atoms with Crippen molar-refractivity contribution in [3.63, 3.8) is 0 Å². The molecule has 0 aliphatic heterocycles. The lowest BCUT2D eigenvalue weighted by Crippen LogP contribution is -2.43. The molecule has 18 heavy (non-hydrogen) atoms. The minimum atomic E-state index is -1.27. The number of esters is 1. The first-order valence-electron chi connectivity index (χ1n) is 5.24. The van der Waals surface area contributed by atoms with Crippen LogP contribution in [0.15, 0.2) is 12.2 Å². The van der Waals surface area contributed by atoms with Gasteiger partial charge in [-0.15, -0.1) is 0 Å². The first-order chi connectivity index (χ1) is 8.10. The average molecular weight is 260 g/mol. The number of quaternary nitrogens is 1. The van der Waals surface area contributed by atoms with Crippen LogP contribution < -0.4 is 0 Å². The second-order valence-electron chi connectivity index (χ2n) is 4.80. The third kappa shape index (κ3) is 9.34. The number of hydrogen-bond donors (Lipinski definition) is 2. The van der Waals surface area contributed by atoms with E-state index < -0.39 is 24.0 Å². The van der Waals surface area contributed by atoms with Crippen molar-refractivity contribution in [3.8, 4) is 0 Å². The molecule has 7 nitrogen and oxygen atoms in total. The molecule has 0 aliphatic rings. The number of carboxylic acids is 2. The Morgan fingerprint density at radius 1 is 1.17 bits per heavy atom. The molecule has 0 bridgehead atoms. The summed E-state index contributed by atoms with van der Waals surface area (Å²) < 4.78 is 5.33. The Labute approximate surface area is 105 Å². The van der Waals surface area contributed by atoms with Gasteiger partial charge in [0.25, 0.3) is 0 Å². The maximum Gasteiger partial charge on any atom is 0.331 e. The standard InChI is InChI=1S/C11H17NO6/c1-12(2,3)7-8(6-10(15)16)18-11(17)5-4-9(13)14/h4-5,8H,6-7H2,1-3H3,(H-,13,14,15,16)/p+1/b5-4+. The van der Waals surface area contributed by atoms with E-state index in [4.69, 9.17) is 14.9 Å². The highest BCUT2D eigenvalue weighted by atomic mass is 16.5. The maximum absolute atomic E-state index is 11.3. The Morgan fingerprint density at radius 3 is 2.11 bits per heavy atom. The molecule has 0 saturated heterocycles. The SMILES string of the molecule is C[N+](C)(C)CC(CC(=O)O)OC(=O)/C=C/C(=O)O. The normalized spacial score (nSPS) is 13.3. The molecule has 0 aromatic carbocycles. The molecule has 1 unspecified atom stereocenters. The zero-order valence-corrected chi connectivity index (χ0v) is 10.6. The van der Waals surface area contributed by atoms with E-state index in [-0.39, 0.29) is 6.42 Å². The highest BCUT2D eigenvalue weighted by Crippen LogP contribution is 2.05. The van der Waals surface area contributed by atoms with E-state index in [2.05, 4.69) is 0 Å². The number of hydrogen-bond acceptors (Lipinski definition) is 4. The Hall–Kier alpha value is -1.89. The molecule has 2 N–H and O–H groups in total. The van der Waals surface area contributed by atoms with Crippen LogP contribution in [0.3, 0.4) is 0 Å². The third-order valence-electron chi connectivity index (χ3n) is 1.80. The lowest BCUT2D eigenvalue weighted by atomic mass is 10.2. The molecule has 0 rings (SSSR count). The Bertz CT molecular complexity index is 355. The lowest BCUT2D eigenvalue weighted by molar-refractivity contribution is -0.873. The minimum absolute atomic E-state index is 0.317. The van der Waals surface area contributed by atoms with Crippen molar-refractivity contribution in [1.29, 1.82) is 0 Å². The molecule has 0 radical (unpaired) electrons. The summed E-state index contributed by atoms with van der Waals surface area (Å²) in [6.45, 7) is 0.318. The van der Waals surface area contributed by atoms with Crippen molar-refractivity contribution in [2.24, 2.45) is 0 Å². The van der Waals surface area contributed by atoms with Crippen molar-refractivity contribution in [2.75, 3.05) is 27.7 Å². The van der Waals surface area contributed by atoms with Crippen LogP contribution in [-0.2, 0) is 19.1 Å². The van der Waals surface area contributed by atoms with Crippen LogP contribution in [0.1, 0.15) is 6.42 Å². The summed E-state index contributed by atoms with van der Waals surface area (Å²) >= 11 is 0. The molecule has 0 amide bonds. The predicted octanol–water partition coefficient (Wildman–Crippen LogP) is -0.280. The van der Waals surface area contributed by atoms with Gasteiger partial charge >= 0.3 is 17.9 Å². The summed E-state index contributed by atoms with van der Waals surface area (Å²) in [5.74, 6) is -3.21. The summed E-state index contributed by atoms with van der Waals surface area (Å²) in [4.78, 5) is 32.1. The molecule has 0 spiro atoms. The molecule has 0 saturated carbocycles. The fourth-order valence-corrected chi connectivity index (χ4v) is 1.29. The van der Waals surface area contributed by atoms with Crippen molar-refractivity contribution in [1.82, 2.24) is 0 Å². The summed E-state index contributed by atoms with van der Waals surface area (Å²) in [5, 5.41) is 17.0. The van der Waals surface area contributed by atoms with Gasteiger partial charge in [0.15, 0.2) is 6.10 Å². The van der Waals surface area contributed by atoms with Crippen LogP contribution in [-0.4, -0.2) is 66.4 Å². The zero-order chi connectivity index (χ0) is 14.3. The largest absolute Gasteiger partial charge is 0.481 e. The van der Waals surface area contributed by atoms with Crippen molar-refractivity contribution in [2.45, 2.75) is 12.5 Å². The zero-order valence-electron chi connectivity index (χ0n) is 10.6. The van der Waals surface area contributed by atoms with Crippen LogP contribution >= 0.6 is 0 Å². The first kappa shape index (κ1) is 16.1. The molecule has 0 fully saturated rings. The summed E-state index contributed by atoms with van der Waals surface area (Å²) in [6.07, 6.45) is 0.287. The van der Waals surface area contributed by atoms with Crippen molar-refractivity contribution < 1.29 is 33.8 Å². The predicted molar refractivity (Wildman–Crippen MR) is 61.8 cm³/mol. The molecule has 0 aliphatic carbocycles. The quantitative estimate of drug-likeness (QED) is 0.371. The molecule has 1 atom stereocenters. The van der Waals surface area contributed by atoms with Crippen LogP contribution in [0.4, 0.5) is 0 Å². The van der Waals surface area contributed by atoms with Crippen LogP contribution in [0, 0.1) is 0 Å². The van der Waals surface area contributed by atoms with Crippen molar-refractivity contribution >= 4 is 17.9 Å². The number of nitrogens with zero attached hydrogens (tertiary/aromatic N) is 1. The number of carboxylic acid groups (broad SMARTS) is 2. The van der Waals surface area contributed by atoms with E-state index in [1.165, 1.54) is 0 Å². The minimum Gasteiger partial charge on any atom is -0.481 e. The van der Waals surface area contributed by atoms with E-state index in [9.17, 15) is 14.4 Å². The number of aliphatic carboxylic acids is 2. The number of carbonyl (C=O) groups is 3. The fourth-order valence-electron chi connectivity index (χ4n) is 1.29. The van der Waals surface area contributed by atoms with Gasteiger partial charge in [-0.2, -0.15) is 0 Å². The monoisotopic (exact) mass is 260 g/mol. The third-order valence-corrected chi connectivity index (χ3v) is 1.80. The molecular weight excluding hydrogens is 242 g/mol.